The molecule has 0 atom stereocenters. The van der Waals surface area contributed by atoms with Crippen molar-refractivity contribution >= 4 is 17.5 Å². The van der Waals surface area contributed by atoms with Crippen molar-refractivity contribution in [2.24, 2.45) is 0 Å². The minimum atomic E-state index is -4.63. The molecule has 1 heterocycles. The van der Waals surface area contributed by atoms with Crippen LogP contribution in [0.2, 0.25) is 5.02 Å². The number of carbonyl (C=O) groups is 1. The van der Waals surface area contributed by atoms with Gasteiger partial charge in [-0.3, -0.25) is 4.79 Å². The van der Waals surface area contributed by atoms with Crippen LogP contribution in [0, 0.1) is 0 Å². The van der Waals surface area contributed by atoms with E-state index in [-0.39, 0.29) is 24.6 Å². The van der Waals surface area contributed by atoms with Crippen LogP contribution in [0.25, 0.3) is 16.9 Å². The number of hydrogen-bond donors (Lipinski definition) is 1. The fourth-order valence-electron chi connectivity index (χ4n) is 3.55. The first-order valence-electron chi connectivity index (χ1n) is 10.8. The molecule has 0 aliphatic rings. The minimum absolute atomic E-state index is 0. The monoisotopic (exact) mass is 501 g/mol. The quantitative estimate of drug-likeness (QED) is 0.303. The first-order chi connectivity index (χ1) is 16.8. The van der Waals surface area contributed by atoms with E-state index in [1.807, 2.05) is 31.2 Å². The summed E-state index contributed by atoms with van der Waals surface area (Å²) in [5, 5.41) is 6.85. The highest BCUT2D eigenvalue weighted by Crippen LogP contribution is 2.34. The summed E-state index contributed by atoms with van der Waals surface area (Å²) in [5.74, 6) is 0.373. The molecular weight excluding hydrogens is 479 g/mol. The Hall–Kier alpha value is -3.78. The third kappa shape index (κ3) is 5.49. The molecule has 0 saturated carbocycles. The molecule has 1 aromatic heterocycles. The van der Waals surface area contributed by atoms with E-state index in [4.69, 9.17) is 16.3 Å². The van der Waals surface area contributed by atoms with Crippen LogP contribution in [0.4, 0.5) is 13.2 Å². The molecule has 182 valence electrons. The molecule has 0 aliphatic heterocycles. The van der Waals surface area contributed by atoms with Crippen LogP contribution in [0.5, 0.6) is 5.75 Å². The van der Waals surface area contributed by atoms with Gasteiger partial charge in [-0.2, -0.15) is 18.3 Å². The van der Waals surface area contributed by atoms with Crippen LogP contribution in [-0.4, -0.2) is 22.3 Å². The van der Waals surface area contributed by atoms with E-state index >= 15 is 0 Å². The van der Waals surface area contributed by atoms with Gasteiger partial charge in [0.05, 0.1) is 23.0 Å². The molecule has 0 aliphatic carbocycles. The normalized spacial score (nSPS) is 11.3. The van der Waals surface area contributed by atoms with E-state index in [1.165, 1.54) is 0 Å². The third-order valence-corrected chi connectivity index (χ3v) is 5.55. The van der Waals surface area contributed by atoms with E-state index in [0.29, 0.717) is 29.2 Å². The molecule has 4 aromatic rings. The van der Waals surface area contributed by atoms with Crippen molar-refractivity contribution in [3.8, 4) is 22.7 Å². The number of rotatable bonds is 7. The number of amides is 1. The maximum absolute atomic E-state index is 13.4. The number of alkyl halides is 3. The van der Waals surface area contributed by atoms with Gasteiger partial charge in [-0.05, 0) is 43.3 Å². The maximum Gasteiger partial charge on any atom is 0.435 e. The average molecular weight is 502 g/mol. The molecule has 3 aromatic carbocycles. The molecule has 0 radical (unpaired) electrons. The molecule has 0 spiro atoms. The fourth-order valence-corrected chi connectivity index (χ4v) is 3.76. The summed E-state index contributed by atoms with van der Waals surface area (Å²) in [7, 11) is 0. The fraction of sp³-hybridized carbons (Fsp3) is 0.154. The maximum atomic E-state index is 13.4. The van der Waals surface area contributed by atoms with E-state index in [0.717, 1.165) is 16.3 Å². The molecule has 9 heteroatoms. The van der Waals surface area contributed by atoms with Crippen LogP contribution in [-0.2, 0) is 12.7 Å². The molecule has 1 N–H and O–H groups in total. The molecule has 0 saturated heterocycles. The highest BCUT2D eigenvalue weighted by atomic mass is 35.5. The summed E-state index contributed by atoms with van der Waals surface area (Å²) in [5.41, 5.74) is 1.12. The largest absolute Gasteiger partial charge is 0.494 e. The summed E-state index contributed by atoms with van der Waals surface area (Å²) in [6.07, 6.45) is -4.63. The zero-order valence-corrected chi connectivity index (χ0v) is 19.4. The van der Waals surface area contributed by atoms with Gasteiger partial charge in [-0.15, -0.1) is 0 Å². The van der Waals surface area contributed by atoms with Crippen molar-refractivity contribution in [2.75, 3.05) is 6.61 Å². The lowest BCUT2D eigenvalue weighted by molar-refractivity contribution is -0.141. The standard InChI is InChI=1S/C26H21ClF3N3O2.H2/c1-2-35-23-10-6-3-7-19(23)16-31-25(34)18-13-11-17(12-14-18)22-15-24(26(28,29)30)32-33(22)21-9-5-4-8-20(21)27;/h3-15H,2,16H2,1H3,(H,31,34);1H. The SMILES string of the molecule is CCOc1ccccc1CNC(=O)c1ccc(-c2cc(C(F)(F)F)nn2-c2ccccc2Cl)cc1.[HH]. The van der Waals surface area contributed by atoms with Crippen LogP contribution in [0.3, 0.4) is 0 Å². The van der Waals surface area contributed by atoms with Gasteiger partial charge in [0.25, 0.3) is 5.91 Å². The number of nitrogens with one attached hydrogen (secondary N) is 1. The van der Waals surface area contributed by atoms with Crippen molar-refractivity contribution in [1.82, 2.24) is 15.1 Å². The first-order valence-corrected chi connectivity index (χ1v) is 11.2. The summed E-state index contributed by atoms with van der Waals surface area (Å²) in [6, 6.07) is 21.1. The summed E-state index contributed by atoms with van der Waals surface area (Å²) in [6.45, 7) is 2.66. The first kappa shape index (κ1) is 24.3. The Kier molecular flexibility index (Phi) is 7.12. The second kappa shape index (κ2) is 10.2. The van der Waals surface area contributed by atoms with Gasteiger partial charge in [0.15, 0.2) is 5.69 Å². The predicted molar refractivity (Wildman–Crippen MR) is 130 cm³/mol. The van der Waals surface area contributed by atoms with E-state index in [9.17, 15) is 18.0 Å². The second-order valence-corrected chi connectivity index (χ2v) is 7.98. The van der Waals surface area contributed by atoms with E-state index in [1.54, 1.807) is 48.5 Å². The zero-order valence-electron chi connectivity index (χ0n) is 18.6. The van der Waals surface area contributed by atoms with Gasteiger partial charge in [-0.25, -0.2) is 4.68 Å². The Bertz CT molecular complexity index is 1340. The smallest absolute Gasteiger partial charge is 0.435 e. The molecule has 1 amide bonds. The molecule has 0 unspecified atom stereocenters. The lowest BCUT2D eigenvalue weighted by Crippen LogP contribution is -2.23. The van der Waals surface area contributed by atoms with Crippen LogP contribution in [0.15, 0.2) is 78.9 Å². The minimum Gasteiger partial charge on any atom is -0.494 e. The third-order valence-electron chi connectivity index (χ3n) is 5.24. The van der Waals surface area contributed by atoms with Gasteiger partial charge in [-0.1, -0.05) is 54.1 Å². The number of aromatic nitrogens is 2. The summed E-state index contributed by atoms with van der Waals surface area (Å²) in [4.78, 5) is 12.7. The number of halogens is 4. The second-order valence-electron chi connectivity index (χ2n) is 7.58. The van der Waals surface area contributed by atoms with Crippen LogP contribution >= 0.6 is 11.6 Å². The van der Waals surface area contributed by atoms with Gasteiger partial charge < -0.3 is 10.1 Å². The summed E-state index contributed by atoms with van der Waals surface area (Å²) >= 11 is 6.22. The molecule has 4 rings (SSSR count). The average Bonchev–Trinajstić information content (AvgIpc) is 3.30. The molecular formula is C26H23ClF3N3O2. The number of nitrogens with zero attached hydrogens (tertiary/aromatic N) is 2. The lowest BCUT2D eigenvalue weighted by atomic mass is 10.1. The Morgan fingerprint density at radius 3 is 2.43 bits per heavy atom. The van der Waals surface area contributed by atoms with Crippen LogP contribution < -0.4 is 10.1 Å². The van der Waals surface area contributed by atoms with Gasteiger partial charge in [0.1, 0.15) is 5.75 Å². The number of para-hydroxylation sites is 2. The topological polar surface area (TPSA) is 56.1 Å². The summed E-state index contributed by atoms with van der Waals surface area (Å²) < 4.78 is 47.0. The van der Waals surface area contributed by atoms with Crippen molar-refractivity contribution in [1.29, 1.82) is 0 Å². The Balaban J connectivity index is 0.00000361. The van der Waals surface area contributed by atoms with Crippen LogP contribution in [0.1, 0.15) is 30.0 Å². The number of carbonyl (C=O) groups excluding carboxylic acids is 1. The molecule has 5 nitrogen and oxygen atoms in total. The molecule has 0 bridgehead atoms. The van der Waals surface area contributed by atoms with Gasteiger partial charge >= 0.3 is 6.18 Å². The highest BCUT2D eigenvalue weighted by molar-refractivity contribution is 6.32. The van der Waals surface area contributed by atoms with Crippen molar-refractivity contribution in [2.45, 2.75) is 19.6 Å². The number of hydrogen-bond acceptors (Lipinski definition) is 3. The molecule has 35 heavy (non-hydrogen) atoms. The Morgan fingerprint density at radius 2 is 1.74 bits per heavy atom. The molecule has 0 fully saturated rings. The van der Waals surface area contributed by atoms with Crippen molar-refractivity contribution in [3.05, 3.63) is 101 Å². The van der Waals surface area contributed by atoms with Gasteiger partial charge in [0, 0.05) is 24.7 Å². The Labute approximate surface area is 206 Å². The van der Waals surface area contributed by atoms with E-state index < -0.39 is 11.9 Å². The van der Waals surface area contributed by atoms with Crippen molar-refractivity contribution in [3.63, 3.8) is 0 Å². The Morgan fingerprint density at radius 1 is 1.06 bits per heavy atom. The predicted octanol–water partition coefficient (Wildman–Crippen LogP) is 6.79. The highest BCUT2D eigenvalue weighted by Gasteiger charge is 2.35. The lowest BCUT2D eigenvalue weighted by Gasteiger charge is -2.12. The number of benzene rings is 3. The van der Waals surface area contributed by atoms with Gasteiger partial charge in [0.2, 0.25) is 0 Å². The number of ether oxygens (including phenoxy) is 1. The van der Waals surface area contributed by atoms with Crippen molar-refractivity contribution < 1.29 is 24.1 Å². The van der Waals surface area contributed by atoms with E-state index in [2.05, 4.69) is 10.4 Å². The zero-order chi connectivity index (χ0) is 25.0.